The van der Waals surface area contributed by atoms with Gasteiger partial charge in [-0.1, -0.05) is 11.6 Å². The van der Waals surface area contributed by atoms with Gasteiger partial charge in [0, 0.05) is 16.5 Å². The number of rotatable bonds is 3. The fraction of sp³-hybridized carbons (Fsp3) is 0.182. The van der Waals surface area contributed by atoms with Gasteiger partial charge in [0.05, 0.1) is 22.7 Å². The monoisotopic (exact) mass is 284 g/mol. The molecule has 0 bridgehead atoms. The molecule has 0 spiro atoms. The fourth-order valence-electron chi connectivity index (χ4n) is 1.56. The van der Waals surface area contributed by atoms with Crippen LogP contribution in [-0.2, 0) is 6.54 Å². The maximum absolute atomic E-state index is 11.8. The van der Waals surface area contributed by atoms with Crippen LogP contribution in [0.25, 0.3) is 0 Å². The van der Waals surface area contributed by atoms with Gasteiger partial charge in [-0.25, -0.2) is 0 Å². The quantitative estimate of drug-likeness (QED) is 0.643. The van der Waals surface area contributed by atoms with Gasteiger partial charge in [0.25, 0.3) is 11.2 Å². The van der Waals surface area contributed by atoms with Gasteiger partial charge in [0.2, 0.25) is 0 Å². The fourth-order valence-corrected chi connectivity index (χ4v) is 2.66. The van der Waals surface area contributed by atoms with Crippen molar-refractivity contribution in [2.45, 2.75) is 13.5 Å². The summed E-state index contributed by atoms with van der Waals surface area (Å²) in [6.45, 7) is 1.79. The van der Waals surface area contributed by atoms with Crippen molar-refractivity contribution in [2.75, 3.05) is 0 Å². The van der Waals surface area contributed by atoms with Gasteiger partial charge < -0.3 is 4.57 Å². The lowest BCUT2D eigenvalue weighted by atomic mass is 10.2. The SMILES string of the molecule is Cc1cc(=O)n(Cc2sccc2Cl)cc1[N+](=O)[O-]. The van der Waals surface area contributed by atoms with Gasteiger partial charge in [0.1, 0.15) is 0 Å². The predicted molar refractivity (Wildman–Crippen MR) is 70.5 cm³/mol. The Morgan fingerprint density at radius 2 is 2.28 bits per heavy atom. The Balaban J connectivity index is 2.45. The van der Waals surface area contributed by atoms with Gasteiger partial charge >= 0.3 is 0 Å². The van der Waals surface area contributed by atoms with Crippen LogP contribution in [-0.4, -0.2) is 9.49 Å². The minimum Gasteiger partial charge on any atom is -0.303 e. The van der Waals surface area contributed by atoms with Crippen molar-refractivity contribution in [1.82, 2.24) is 4.57 Å². The summed E-state index contributed by atoms with van der Waals surface area (Å²) in [4.78, 5) is 22.9. The lowest BCUT2D eigenvalue weighted by Crippen LogP contribution is -2.20. The summed E-state index contributed by atoms with van der Waals surface area (Å²) in [6.07, 6.45) is 1.26. The summed E-state index contributed by atoms with van der Waals surface area (Å²) in [5.74, 6) is 0. The molecule has 0 unspecified atom stereocenters. The van der Waals surface area contributed by atoms with Crippen LogP contribution in [0.1, 0.15) is 10.4 Å². The molecule has 2 aromatic rings. The number of hydrogen-bond acceptors (Lipinski definition) is 4. The summed E-state index contributed by atoms with van der Waals surface area (Å²) in [6, 6.07) is 2.99. The molecule has 0 saturated carbocycles. The summed E-state index contributed by atoms with van der Waals surface area (Å²) in [5.41, 5.74) is 0.0170. The van der Waals surface area contributed by atoms with E-state index in [0.717, 1.165) is 4.88 Å². The number of hydrogen-bond donors (Lipinski definition) is 0. The molecule has 0 aliphatic rings. The molecular formula is C11H9ClN2O3S. The van der Waals surface area contributed by atoms with Crippen LogP contribution in [0.4, 0.5) is 5.69 Å². The third-order valence-electron chi connectivity index (χ3n) is 2.51. The lowest BCUT2D eigenvalue weighted by molar-refractivity contribution is -0.385. The molecule has 0 amide bonds. The lowest BCUT2D eigenvalue weighted by Gasteiger charge is -2.05. The van der Waals surface area contributed by atoms with Crippen LogP contribution in [0.15, 0.2) is 28.5 Å². The van der Waals surface area contributed by atoms with Crippen molar-refractivity contribution in [2.24, 2.45) is 0 Å². The number of aromatic nitrogens is 1. The average molecular weight is 285 g/mol. The van der Waals surface area contributed by atoms with Crippen molar-refractivity contribution in [1.29, 1.82) is 0 Å². The highest BCUT2D eigenvalue weighted by atomic mass is 35.5. The smallest absolute Gasteiger partial charge is 0.288 e. The molecule has 2 rings (SSSR count). The molecule has 5 nitrogen and oxygen atoms in total. The Kier molecular flexibility index (Phi) is 3.49. The molecule has 94 valence electrons. The topological polar surface area (TPSA) is 65.1 Å². The predicted octanol–water partition coefficient (Wildman–Crippen LogP) is 2.83. The van der Waals surface area contributed by atoms with Crippen molar-refractivity contribution >= 4 is 28.6 Å². The van der Waals surface area contributed by atoms with Crippen LogP contribution in [0.2, 0.25) is 5.02 Å². The van der Waals surface area contributed by atoms with Crippen LogP contribution in [0, 0.1) is 17.0 Å². The first kappa shape index (κ1) is 12.8. The summed E-state index contributed by atoms with van der Waals surface area (Å²) < 4.78 is 1.29. The van der Waals surface area contributed by atoms with E-state index in [4.69, 9.17) is 11.6 Å². The molecule has 0 aromatic carbocycles. The number of nitrogens with zero attached hydrogens (tertiary/aromatic N) is 2. The maximum Gasteiger partial charge on any atom is 0.288 e. The van der Waals surface area contributed by atoms with Crippen molar-refractivity contribution in [3.05, 3.63) is 59.6 Å². The maximum atomic E-state index is 11.8. The van der Waals surface area contributed by atoms with Gasteiger partial charge in [0.15, 0.2) is 0 Å². The van der Waals surface area contributed by atoms with E-state index in [0.29, 0.717) is 10.6 Å². The first-order valence-corrected chi connectivity index (χ1v) is 6.32. The third kappa shape index (κ3) is 2.44. The van der Waals surface area contributed by atoms with Crippen LogP contribution < -0.4 is 5.56 Å². The van der Waals surface area contributed by atoms with Crippen molar-refractivity contribution in [3.8, 4) is 0 Å². The number of pyridine rings is 1. The van der Waals surface area contributed by atoms with E-state index in [-0.39, 0.29) is 17.8 Å². The Labute approximate surface area is 111 Å². The first-order chi connectivity index (χ1) is 8.49. The zero-order valence-electron chi connectivity index (χ0n) is 9.42. The molecule has 0 radical (unpaired) electrons. The zero-order chi connectivity index (χ0) is 13.3. The Morgan fingerprint density at radius 1 is 1.56 bits per heavy atom. The second-order valence-electron chi connectivity index (χ2n) is 3.76. The number of halogens is 1. The molecule has 7 heteroatoms. The Hall–Kier alpha value is -1.66. The second-order valence-corrected chi connectivity index (χ2v) is 5.16. The molecular weight excluding hydrogens is 276 g/mol. The Morgan fingerprint density at radius 3 is 2.83 bits per heavy atom. The highest BCUT2D eigenvalue weighted by molar-refractivity contribution is 7.10. The highest BCUT2D eigenvalue weighted by Crippen LogP contribution is 2.23. The van der Waals surface area contributed by atoms with E-state index in [1.165, 1.54) is 28.2 Å². The minimum atomic E-state index is -0.499. The third-order valence-corrected chi connectivity index (χ3v) is 3.88. The Bertz CT molecular complexity index is 663. The largest absolute Gasteiger partial charge is 0.303 e. The molecule has 0 atom stereocenters. The van der Waals surface area contributed by atoms with Crippen molar-refractivity contribution in [3.63, 3.8) is 0 Å². The molecule has 18 heavy (non-hydrogen) atoms. The van der Waals surface area contributed by atoms with Gasteiger partial charge in [-0.2, -0.15) is 0 Å². The molecule has 0 aliphatic heterocycles. The van der Waals surface area contributed by atoms with Gasteiger partial charge in [-0.3, -0.25) is 14.9 Å². The summed E-state index contributed by atoms with van der Waals surface area (Å²) >= 11 is 7.35. The van der Waals surface area contributed by atoms with Crippen LogP contribution in [0.3, 0.4) is 0 Å². The minimum absolute atomic E-state index is 0.0673. The number of nitro groups is 1. The zero-order valence-corrected chi connectivity index (χ0v) is 11.0. The normalized spacial score (nSPS) is 10.6. The molecule has 2 heterocycles. The highest BCUT2D eigenvalue weighted by Gasteiger charge is 2.14. The summed E-state index contributed by atoms with van der Waals surface area (Å²) in [5, 5.41) is 13.2. The standard InChI is InChI=1S/C11H9ClN2O3S/c1-7-4-11(15)13(5-9(7)14(16)17)6-10-8(12)2-3-18-10/h2-5H,6H2,1H3. The van der Waals surface area contributed by atoms with E-state index in [9.17, 15) is 14.9 Å². The van der Waals surface area contributed by atoms with Crippen LogP contribution in [0.5, 0.6) is 0 Å². The molecule has 0 N–H and O–H groups in total. The van der Waals surface area contributed by atoms with E-state index in [1.54, 1.807) is 13.0 Å². The number of aryl methyl sites for hydroxylation is 1. The van der Waals surface area contributed by atoms with E-state index >= 15 is 0 Å². The van der Waals surface area contributed by atoms with E-state index in [1.807, 2.05) is 5.38 Å². The van der Waals surface area contributed by atoms with Crippen LogP contribution >= 0.6 is 22.9 Å². The van der Waals surface area contributed by atoms with E-state index < -0.39 is 4.92 Å². The van der Waals surface area contributed by atoms with Gasteiger partial charge in [-0.15, -0.1) is 11.3 Å². The van der Waals surface area contributed by atoms with Crippen molar-refractivity contribution < 1.29 is 4.92 Å². The molecule has 0 fully saturated rings. The first-order valence-electron chi connectivity index (χ1n) is 5.06. The molecule has 2 aromatic heterocycles. The van der Waals surface area contributed by atoms with E-state index in [2.05, 4.69) is 0 Å². The molecule has 0 saturated heterocycles. The average Bonchev–Trinajstić information content (AvgIpc) is 2.67. The van der Waals surface area contributed by atoms with Gasteiger partial charge in [-0.05, 0) is 18.4 Å². The molecule has 0 aliphatic carbocycles. The second kappa shape index (κ2) is 4.91. The summed E-state index contributed by atoms with van der Waals surface area (Å²) in [7, 11) is 0. The number of thiophene rings is 1.